The van der Waals surface area contributed by atoms with Gasteiger partial charge in [-0.1, -0.05) is 23.7 Å². The van der Waals surface area contributed by atoms with Crippen LogP contribution in [0, 0.1) is 11.3 Å². The van der Waals surface area contributed by atoms with Crippen LogP contribution in [0.1, 0.15) is 28.4 Å². The number of nitrogens with two attached hydrogens (primary N) is 1. The summed E-state index contributed by atoms with van der Waals surface area (Å²) >= 11 is 6.29. The Balaban J connectivity index is 1.38. The molecule has 1 atom stereocenters. The number of nitriles is 1. The van der Waals surface area contributed by atoms with E-state index in [-0.39, 0.29) is 18.5 Å². The highest BCUT2D eigenvalue weighted by Crippen LogP contribution is 2.39. The van der Waals surface area contributed by atoms with E-state index >= 15 is 0 Å². The number of nitrogens with zero attached hydrogens (tertiary/aromatic N) is 4. The number of halogens is 1. The molecule has 1 aliphatic rings. The number of nitrogen functional groups attached to an aromatic ring is 1. The summed E-state index contributed by atoms with van der Waals surface area (Å²) in [6.45, 7) is 1.80. The average Bonchev–Trinajstić information content (AvgIpc) is 3.47. The van der Waals surface area contributed by atoms with Gasteiger partial charge in [-0.3, -0.25) is 9.58 Å². The number of aromatic amines is 1. The monoisotopic (exact) mass is 534 g/mol. The van der Waals surface area contributed by atoms with Crippen molar-refractivity contribution in [3.63, 3.8) is 0 Å². The van der Waals surface area contributed by atoms with Crippen molar-refractivity contribution in [2.24, 2.45) is 0 Å². The van der Waals surface area contributed by atoms with Gasteiger partial charge in [0.05, 0.1) is 13.2 Å². The van der Waals surface area contributed by atoms with Crippen LogP contribution in [0.3, 0.4) is 0 Å². The lowest BCUT2D eigenvalue weighted by molar-refractivity contribution is 0.0629. The van der Waals surface area contributed by atoms with Crippen LogP contribution in [0.25, 0.3) is 10.9 Å². The zero-order chi connectivity index (χ0) is 26.6. The Morgan fingerprint density at radius 1 is 1.24 bits per heavy atom. The van der Waals surface area contributed by atoms with Crippen molar-refractivity contribution >= 4 is 34.4 Å². The Kier molecular flexibility index (Phi) is 7.40. The van der Waals surface area contributed by atoms with Crippen LogP contribution in [-0.2, 0) is 22.4 Å². The summed E-state index contributed by atoms with van der Waals surface area (Å²) in [7, 11) is 1.57. The third-order valence-corrected chi connectivity index (χ3v) is 6.77. The van der Waals surface area contributed by atoms with E-state index in [0.717, 1.165) is 27.7 Å². The minimum atomic E-state index is -0.398. The number of benzene rings is 2. The normalized spacial score (nSPS) is 14.8. The second-order valence-electron chi connectivity index (χ2n) is 8.88. The largest absolute Gasteiger partial charge is 0.492 e. The number of carbonyl (C=O) groups is 1. The number of rotatable bonds is 8. The molecule has 0 aliphatic carbocycles. The van der Waals surface area contributed by atoms with Crippen LogP contribution in [-0.4, -0.2) is 59.2 Å². The van der Waals surface area contributed by atoms with E-state index in [2.05, 4.69) is 10.1 Å². The van der Waals surface area contributed by atoms with Gasteiger partial charge in [-0.05, 0) is 47.9 Å². The summed E-state index contributed by atoms with van der Waals surface area (Å²) in [5.41, 5.74) is 10.0. The number of methoxy groups -OCH3 is 1. The molecule has 4 aromatic rings. The summed E-state index contributed by atoms with van der Waals surface area (Å²) in [5.74, 6) is 0.872. The summed E-state index contributed by atoms with van der Waals surface area (Å²) in [6, 6.07) is 15.0. The molecule has 3 heterocycles. The third kappa shape index (κ3) is 5.11. The Morgan fingerprint density at radius 3 is 2.79 bits per heavy atom. The van der Waals surface area contributed by atoms with Gasteiger partial charge in [0.15, 0.2) is 5.82 Å². The van der Waals surface area contributed by atoms with Gasteiger partial charge < -0.3 is 24.9 Å². The van der Waals surface area contributed by atoms with Crippen LogP contribution < -0.4 is 10.5 Å². The van der Waals surface area contributed by atoms with Crippen molar-refractivity contribution in [3.05, 3.63) is 76.1 Å². The summed E-state index contributed by atoms with van der Waals surface area (Å²) in [6.07, 6.45) is 1.87. The molecule has 1 amide bonds. The molecular formula is C27H27ClN6O4. The molecule has 1 aliphatic heterocycles. The number of hydrogen-bond donors (Lipinski definition) is 2. The van der Waals surface area contributed by atoms with Crippen LogP contribution in [0.2, 0.25) is 5.02 Å². The van der Waals surface area contributed by atoms with Gasteiger partial charge in [-0.15, -0.1) is 0 Å². The predicted octanol–water partition coefficient (Wildman–Crippen LogP) is 4.28. The van der Waals surface area contributed by atoms with Gasteiger partial charge in [0.2, 0.25) is 0 Å². The molecule has 1 unspecified atom stereocenters. The first kappa shape index (κ1) is 25.4. The molecule has 3 N–H and O–H groups in total. The van der Waals surface area contributed by atoms with Gasteiger partial charge >= 0.3 is 6.09 Å². The summed E-state index contributed by atoms with van der Waals surface area (Å²) in [4.78, 5) is 18.3. The predicted molar refractivity (Wildman–Crippen MR) is 142 cm³/mol. The highest BCUT2D eigenvalue weighted by atomic mass is 35.5. The van der Waals surface area contributed by atoms with Crippen molar-refractivity contribution in [1.29, 1.82) is 5.26 Å². The van der Waals surface area contributed by atoms with Gasteiger partial charge in [0, 0.05) is 41.5 Å². The minimum absolute atomic E-state index is 0.179. The number of carbonyl (C=O) groups excluding carboxylic acids is 1. The number of amides is 1. The molecule has 10 nitrogen and oxygen atoms in total. The topological polar surface area (TPSA) is 131 Å². The molecule has 0 bridgehead atoms. The zero-order valence-electron chi connectivity index (χ0n) is 20.8. The number of aromatic nitrogens is 3. The van der Waals surface area contributed by atoms with Crippen LogP contribution in [0.4, 0.5) is 10.6 Å². The van der Waals surface area contributed by atoms with Crippen molar-refractivity contribution in [2.75, 3.05) is 39.2 Å². The SMILES string of the molecule is COCCOC(=O)N1CCc2c([nH]c3ccc(Cl)cc23)C1c1ccc(OCCn2cc(C#N)c(N)n2)cc1. The lowest BCUT2D eigenvalue weighted by Crippen LogP contribution is -2.41. The van der Waals surface area contributed by atoms with E-state index in [4.69, 9.17) is 36.8 Å². The first-order valence-corrected chi connectivity index (χ1v) is 12.5. The van der Waals surface area contributed by atoms with E-state index in [1.807, 2.05) is 48.5 Å². The standard InChI is InChI=1S/C27H27ClN6O4/c1-36-12-13-38-27(35)34-9-8-21-22-14-19(28)4-7-23(22)31-24(21)25(34)17-2-5-20(6-3-17)37-11-10-33-16-18(15-29)26(30)32-33/h2-7,14,16,25,31H,8-13H2,1H3,(H2,30,32). The third-order valence-electron chi connectivity index (χ3n) is 6.53. The summed E-state index contributed by atoms with van der Waals surface area (Å²) < 4.78 is 18.0. The maximum absolute atomic E-state index is 13.1. The van der Waals surface area contributed by atoms with Crippen molar-refractivity contribution < 1.29 is 19.0 Å². The first-order valence-electron chi connectivity index (χ1n) is 12.2. The first-order chi connectivity index (χ1) is 18.5. The van der Waals surface area contributed by atoms with Crippen molar-refractivity contribution in [2.45, 2.75) is 19.0 Å². The number of ether oxygens (including phenoxy) is 3. The quantitative estimate of drug-likeness (QED) is 0.322. The molecular weight excluding hydrogens is 508 g/mol. The minimum Gasteiger partial charge on any atom is -0.492 e. The smallest absolute Gasteiger partial charge is 0.410 e. The number of hydrogen-bond acceptors (Lipinski definition) is 7. The van der Waals surface area contributed by atoms with Gasteiger partial charge in [0.25, 0.3) is 0 Å². The molecule has 0 spiro atoms. The number of nitrogens with one attached hydrogen (secondary N) is 1. The molecule has 0 saturated carbocycles. The fourth-order valence-corrected chi connectivity index (χ4v) is 4.91. The van der Waals surface area contributed by atoms with E-state index < -0.39 is 6.09 Å². The average molecular weight is 535 g/mol. The highest BCUT2D eigenvalue weighted by molar-refractivity contribution is 6.31. The van der Waals surface area contributed by atoms with E-state index in [9.17, 15) is 4.79 Å². The second-order valence-corrected chi connectivity index (χ2v) is 9.32. The fourth-order valence-electron chi connectivity index (χ4n) is 4.74. The van der Waals surface area contributed by atoms with Crippen LogP contribution in [0.15, 0.2) is 48.7 Å². The molecule has 0 fully saturated rings. The molecule has 11 heteroatoms. The van der Waals surface area contributed by atoms with Crippen LogP contribution >= 0.6 is 11.6 Å². The Morgan fingerprint density at radius 2 is 2.05 bits per heavy atom. The lowest BCUT2D eigenvalue weighted by atomic mass is 9.92. The maximum atomic E-state index is 13.1. The molecule has 196 valence electrons. The molecule has 5 rings (SSSR count). The Hall–Kier alpha value is -4.20. The Bertz CT molecular complexity index is 1490. The molecule has 38 heavy (non-hydrogen) atoms. The lowest BCUT2D eigenvalue weighted by Gasteiger charge is -2.35. The molecule has 0 radical (unpaired) electrons. The van der Waals surface area contributed by atoms with Crippen molar-refractivity contribution in [3.8, 4) is 11.8 Å². The van der Waals surface area contributed by atoms with Gasteiger partial charge in [0.1, 0.15) is 36.6 Å². The molecule has 2 aromatic heterocycles. The second kappa shape index (κ2) is 11.0. The number of H-pyrrole nitrogens is 1. The van der Waals surface area contributed by atoms with Gasteiger partial charge in [-0.25, -0.2) is 4.79 Å². The Labute approximate surface area is 224 Å². The summed E-state index contributed by atoms with van der Waals surface area (Å²) in [5, 5.41) is 14.9. The highest BCUT2D eigenvalue weighted by Gasteiger charge is 2.35. The molecule has 0 saturated heterocycles. The van der Waals surface area contributed by atoms with Gasteiger partial charge in [-0.2, -0.15) is 10.4 Å². The van der Waals surface area contributed by atoms with E-state index in [1.165, 1.54) is 0 Å². The zero-order valence-corrected chi connectivity index (χ0v) is 21.6. The number of fused-ring (bicyclic) bond motifs is 3. The maximum Gasteiger partial charge on any atom is 0.410 e. The number of anilines is 1. The van der Waals surface area contributed by atoms with Crippen molar-refractivity contribution in [1.82, 2.24) is 19.7 Å². The van der Waals surface area contributed by atoms with E-state index in [0.29, 0.717) is 49.1 Å². The molecule has 2 aromatic carbocycles. The fraction of sp³-hybridized carbons (Fsp3) is 0.296. The van der Waals surface area contributed by atoms with E-state index in [1.54, 1.807) is 22.9 Å². The van der Waals surface area contributed by atoms with Crippen LogP contribution in [0.5, 0.6) is 5.75 Å².